The van der Waals surface area contributed by atoms with Gasteiger partial charge in [0.1, 0.15) is 5.78 Å². The molecule has 0 radical (unpaired) electrons. The fourth-order valence-electron chi connectivity index (χ4n) is 1.83. The number of Topliss-reactive ketones (excluding diaryl/α,β-unsaturated/α-hetero) is 1. The van der Waals surface area contributed by atoms with Gasteiger partial charge in [0, 0.05) is 12.3 Å². The van der Waals surface area contributed by atoms with Crippen LogP contribution in [-0.4, -0.2) is 32.9 Å². The highest BCUT2D eigenvalue weighted by Crippen LogP contribution is 2.37. The number of ketones is 1. The summed E-state index contributed by atoms with van der Waals surface area (Å²) in [5.41, 5.74) is 0. The van der Waals surface area contributed by atoms with Gasteiger partial charge in [0.25, 0.3) is 0 Å². The van der Waals surface area contributed by atoms with Crippen LogP contribution in [0.3, 0.4) is 0 Å². The van der Waals surface area contributed by atoms with Crippen molar-refractivity contribution in [2.75, 3.05) is 6.61 Å². The lowest BCUT2D eigenvalue weighted by atomic mass is 9.93. The summed E-state index contributed by atoms with van der Waals surface area (Å²) < 4.78 is 12.0. The maximum atomic E-state index is 11.8. The zero-order valence-corrected chi connectivity index (χ0v) is 13.9. The second-order valence-electron chi connectivity index (χ2n) is 7.02. The van der Waals surface area contributed by atoms with Crippen LogP contribution in [0.1, 0.15) is 41.0 Å². The first-order chi connectivity index (χ1) is 8.04. The molecule has 0 amide bonds. The Hall–Kier alpha value is -0.193. The third-order valence-electron chi connectivity index (χ3n) is 4.38. The minimum Gasteiger partial charge on any atom is -0.414 e. The molecule has 0 bridgehead atoms. The summed E-state index contributed by atoms with van der Waals surface area (Å²) in [6, 6.07) is 0. The number of rotatable bonds is 3. The van der Waals surface area contributed by atoms with Crippen LogP contribution in [0.5, 0.6) is 0 Å². The van der Waals surface area contributed by atoms with Crippen molar-refractivity contribution < 1.29 is 14.0 Å². The zero-order chi connectivity index (χ0) is 14.1. The maximum absolute atomic E-state index is 11.8. The van der Waals surface area contributed by atoms with Gasteiger partial charge in [0.2, 0.25) is 0 Å². The van der Waals surface area contributed by atoms with Crippen molar-refractivity contribution in [3.8, 4) is 0 Å². The molecule has 0 aliphatic carbocycles. The molecule has 0 unspecified atom stereocenters. The minimum absolute atomic E-state index is 0.0294. The first-order valence-electron chi connectivity index (χ1n) is 6.87. The second-order valence-corrected chi connectivity index (χ2v) is 11.8. The molecule has 0 aromatic heterocycles. The van der Waals surface area contributed by atoms with Crippen LogP contribution >= 0.6 is 0 Å². The summed E-state index contributed by atoms with van der Waals surface area (Å²) in [6.07, 6.45) is 0.495. The molecule has 1 saturated heterocycles. The Morgan fingerprint density at radius 1 is 1.33 bits per heavy atom. The molecule has 1 aliphatic rings. The summed E-state index contributed by atoms with van der Waals surface area (Å²) in [5.74, 6) is 0.267. The standard InChI is InChI=1S/C14H28O3Si/c1-10-8-12(15)11(2)13(17-10)9-16-18(6,7)14(3,4)5/h10-11,13H,8-9H2,1-7H3/t10-,11+,13+/m0/s1. The Balaban J connectivity index is 2.60. The van der Waals surface area contributed by atoms with Gasteiger partial charge in [-0.05, 0) is 25.1 Å². The van der Waals surface area contributed by atoms with E-state index in [0.29, 0.717) is 18.8 Å². The van der Waals surface area contributed by atoms with Gasteiger partial charge in [-0.15, -0.1) is 0 Å². The van der Waals surface area contributed by atoms with E-state index in [1.807, 2.05) is 13.8 Å². The molecular formula is C14H28O3Si. The molecule has 4 heteroatoms. The van der Waals surface area contributed by atoms with Gasteiger partial charge in [-0.25, -0.2) is 0 Å². The normalized spacial score (nSPS) is 30.6. The monoisotopic (exact) mass is 272 g/mol. The van der Waals surface area contributed by atoms with E-state index in [4.69, 9.17) is 9.16 Å². The van der Waals surface area contributed by atoms with E-state index in [2.05, 4.69) is 33.9 Å². The van der Waals surface area contributed by atoms with Crippen molar-refractivity contribution in [3.05, 3.63) is 0 Å². The Morgan fingerprint density at radius 2 is 1.89 bits per heavy atom. The maximum Gasteiger partial charge on any atom is 0.192 e. The SMILES string of the molecule is C[C@@H]1C(=O)C[C@H](C)O[C@@H]1CO[Si](C)(C)C(C)(C)C. The molecule has 0 aromatic carbocycles. The summed E-state index contributed by atoms with van der Waals surface area (Å²) in [4.78, 5) is 11.8. The van der Waals surface area contributed by atoms with E-state index in [1.165, 1.54) is 0 Å². The van der Waals surface area contributed by atoms with Crippen LogP contribution in [0.15, 0.2) is 0 Å². The smallest absolute Gasteiger partial charge is 0.192 e. The summed E-state index contributed by atoms with van der Waals surface area (Å²) >= 11 is 0. The van der Waals surface area contributed by atoms with Crippen molar-refractivity contribution in [3.63, 3.8) is 0 Å². The molecule has 1 heterocycles. The highest BCUT2D eigenvalue weighted by atomic mass is 28.4. The van der Waals surface area contributed by atoms with Crippen LogP contribution < -0.4 is 0 Å². The van der Waals surface area contributed by atoms with Crippen molar-refractivity contribution in [1.82, 2.24) is 0 Å². The van der Waals surface area contributed by atoms with E-state index in [9.17, 15) is 4.79 Å². The Labute approximate surface area is 112 Å². The lowest BCUT2D eigenvalue weighted by molar-refractivity contribution is -0.146. The summed E-state index contributed by atoms with van der Waals surface area (Å²) in [6.45, 7) is 15.6. The van der Waals surface area contributed by atoms with Gasteiger partial charge in [-0.3, -0.25) is 4.79 Å². The number of carbonyl (C=O) groups excluding carboxylic acids is 1. The van der Waals surface area contributed by atoms with Gasteiger partial charge in [-0.2, -0.15) is 0 Å². The van der Waals surface area contributed by atoms with E-state index in [-0.39, 0.29) is 23.2 Å². The molecule has 1 rings (SSSR count). The third-order valence-corrected chi connectivity index (χ3v) is 8.88. The molecule has 18 heavy (non-hydrogen) atoms. The topological polar surface area (TPSA) is 35.5 Å². The number of hydrogen-bond acceptors (Lipinski definition) is 3. The lowest BCUT2D eigenvalue weighted by Crippen LogP contribution is -2.47. The highest BCUT2D eigenvalue weighted by molar-refractivity contribution is 6.74. The molecule has 1 aliphatic heterocycles. The fraction of sp³-hybridized carbons (Fsp3) is 0.929. The molecule has 0 aromatic rings. The minimum atomic E-state index is -1.75. The molecule has 0 N–H and O–H groups in total. The van der Waals surface area contributed by atoms with Crippen LogP contribution in [-0.2, 0) is 14.0 Å². The van der Waals surface area contributed by atoms with Crippen LogP contribution in [0, 0.1) is 5.92 Å². The first kappa shape index (κ1) is 15.9. The van der Waals surface area contributed by atoms with Gasteiger partial charge >= 0.3 is 0 Å². The summed E-state index contributed by atoms with van der Waals surface area (Å²) in [5, 5.41) is 0.195. The zero-order valence-electron chi connectivity index (χ0n) is 12.9. The average Bonchev–Trinajstić information content (AvgIpc) is 2.19. The first-order valence-corrected chi connectivity index (χ1v) is 9.77. The van der Waals surface area contributed by atoms with Gasteiger partial charge in [0.15, 0.2) is 8.32 Å². The number of hydrogen-bond donors (Lipinski definition) is 0. The van der Waals surface area contributed by atoms with E-state index < -0.39 is 8.32 Å². The van der Waals surface area contributed by atoms with Gasteiger partial charge in [-0.1, -0.05) is 27.7 Å². The Bertz CT molecular complexity index is 307. The molecule has 3 nitrogen and oxygen atoms in total. The highest BCUT2D eigenvalue weighted by Gasteiger charge is 2.40. The van der Waals surface area contributed by atoms with Crippen molar-refractivity contribution >= 4 is 14.1 Å². The largest absolute Gasteiger partial charge is 0.414 e. The van der Waals surface area contributed by atoms with Crippen molar-refractivity contribution in [1.29, 1.82) is 0 Å². The summed E-state index contributed by atoms with van der Waals surface area (Å²) in [7, 11) is -1.75. The van der Waals surface area contributed by atoms with E-state index in [0.717, 1.165) is 0 Å². The molecule has 3 atom stereocenters. The Morgan fingerprint density at radius 3 is 2.39 bits per heavy atom. The van der Waals surface area contributed by atoms with E-state index >= 15 is 0 Å². The quantitative estimate of drug-likeness (QED) is 0.739. The average molecular weight is 272 g/mol. The third kappa shape index (κ3) is 3.65. The predicted octanol–water partition coefficient (Wildman–Crippen LogP) is 3.39. The van der Waals surface area contributed by atoms with Crippen LogP contribution in [0.25, 0.3) is 0 Å². The fourth-order valence-corrected chi connectivity index (χ4v) is 2.85. The van der Waals surface area contributed by atoms with Crippen LogP contribution in [0.4, 0.5) is 0 Å². The molecule has 0 spiro atoms. The van der Waals surface area contributed by atoms with Crippen molar-refractivity contribution in [2.45, 2.75) is 71.4 Å². The molecular weight excluding hydrogens is 244 g/mol. The van der Waals surface area contributed by atoms with Gasteiger partial charge < -0.3 is 9.16 Å². The number of ether oxygens (including phenoxy) is 1. The molecule has 0 saturated carbocycles. The Kier molecular flexibility index (Phi) is 4.79. The predicted molar refractivity (Wildman–Crippen MR) is 76.3 cm³/mol. The molecule has 106 valence electrons. The van der Waals surface area contributed by atoms with E-state index in [1.54, 1.807) is 0 Å². The van der Waals surface area contributed by atoms with Gasteiger partial charge in [0.05, 0.1) is 18.8 Å². The van der Waals surface area contributed by atoms with Crippen LogP contribution in [0.2, 0.25) is 18.1 Å². The lowest BCUT2D eigenvalue weighted by Gasteiger charge is -2.39. The number of carbonyl (C=O) groups is 1. The second kappa shape index (κ2) is 5.43. The van der Waals surface area contributed by atoms with Crippen molar-refractivity contribution in [2.24, 2.45) is 5.92 Å². The molecule has 1 fully saturated rings.